The fraction of sp³-hybridized carbons (Fsp3) is 0.0635. The highest BCUT2D eigenvalue weighted by Gasteiger charge is 2.49. The first-order chi connectivity index (χ1) is 33.6. The number of hydrogen-bond acceptors (Lipinski definition) is 3. The van der Waals surface area contributed by atoms with Crippen LogP contribution in [0.3, 0.4) is 0 Å². The highest BCUT2D eigenvalue weighted by Crippen LogP contribution is 2.59. The Morgan fingerprint density at radius 3 is 1.81 bits per heavy atom. The molecule has 68 heavy (non-hydrogen) atoms. The largest absolute Gasteiger partial charge is 0.312 e. The first kappa shape index (κ1) is 37.5. The summed E-state index contributed by atoms with van der Waals surface area (Å²) in [5, 5.41) is 6.27. The molecule has 2 aliphatic carbocycles. The number of allylic oxidation sites excluding steroid dienone is 1. The van der Waals surface area contributed by atoms with Gasteiger partial charge >= 0.3 is 0 Å². The molecule has 0 fully saturated rings. The molecule has 0 spiro atoms. The van der Waals surface area contributed by atoms with Gasteiger partial charge in [0.1, 0.15) is 0 Å². The minimum atomic E-state index is -0.299. The SMILES string of the molecule is CC12c3ccc4c(cc5c(c4c3)c3ccccc3n5-c3ccccc3)-c3ccc(-c4nc(-c5ccccc5)nc(-c5ccccc5)n4)cc3-n3c4c(c5ccccc53)C=C(c3ccccc31)C2C4. The molecule has 12 aromatic rings. The quantitative estimate of drug-likeness (QED) is 0.177. The fourth-order valence-corrected chi connectivity index (χ4v) is 12.3. The summed E-state index contributed by atoms with van der Waals surface area (Å²) in [5.41, 5.74) is 18.8. The maximum atomic E-state index is 5.27. The summed E-state index contributed by atoms with van der Waals surface area (Å²) in [5.74, 6) is 2.12. The molecule has 2 atom stereocenters. The highest BCUT2D eigenvalue weighted by molar-refractivity contribution is 6.25. The highest BCUT2D eigenvalue weighted by atomic mass is 15.0. The molecule has 6 bridgehead atoms. The molecule has 0 N–H and O–H groups in total. The van der Waals surface area contributed by atoms with Crippen LogP contribution in [0.25, 0.3) is 112 Å². The van der Waals surface area contributed by atoms with E-state index in [1.54, 1.807) is 0 Å². The van der Waals surface area contributed by atoms with E-state index in [1.165, 1.54) is 82.6 Å². The van der Waals surface area contributed by atoms with Gasteiger partial charge in [0, 0.05) is 66.7 Å². The van der Waals surface area contributed by atoms with Crippen LogP contribution in [-0.2, 0) is 11.8 Å². The Morgan fingerprint density at radius 2 is 1.07 bits per heavy atom. The molecular weight excluding hydrogens is 827 g/mol. The molecule has 3 aromatic heterocycles. The lowest BCUT2D eigenvalue weighted by atomic mass is 9.67. The van der Waals surface area contributed by atoms with Crippen LogP contribution in [0.2, 0.25) is 0 Å². The van der Waals surface area contributed by atoms with E-state index < -0.39 is 0 Å². The number of fused-ring (bicyclic) bond motifs is 8. The van der Waals surface area contributed by atoms with Gasteiger partial charge in [-0.3, -0.25) is 0 Å². The lowest BCUT2D eigenvalue weighted by Gasteiger charge is -2.36. The Kier molecular flexibility index (Phi) is 7.69. The van der Waals surface area contributed by atoms with Crippen molar-refractivity contribution < 1.29 is 0 Å². The molecule has 2 unspecified atom stereocenters. The van der Waals surface area contributed by atoms with Crippen molar-refractivity contribution in [2.75, 3.05) is 0 Å². The van der Waals surface area contributed by atoms with Crippen molar-refractivity contribution in [3.05, 3.63) is 234 Å². The lowest BCUT2D eigenvalue weighted by Crippen LogP contribution is -2.32. The fourth-order valence-electron chi connectivity index (χ4n) is 12.3. The molecule has 5 heteroatoms. The maximum absolute atomic E-state index is 5.27. The molecule has 16 rings (SSSR count). The molecule has 9 aromatic carbocycles. The normalized spacial score (nSPS) is 16.5. The average molecular weight is 868 g/mol. The van der Waals surface area contributed by atoms with Crippen LogP contribution in [0.1, 0.15) is 34.9 Å². The zero-order chi connectivity index (χ0) is 44.7. The zero-order valence-electron chi connectivity index (χ0n) is 37.2. The van der Waals surface area contributed by atoms with Gasteiger partial charge in [0.15, 0.2) is 17.5 Å². The van der Waals surface area contributed by atoms with Gasteiger partial charge in [0.05, 0.1) is 22.2 Å². The summed E-state index contributed by atoms with van der Waals surface area (Å²) >= 11 is 0. The summed E-state index contributed by atoms with van der Waals surface area (Å²) in [6, 6.07) is 75.3. The van der Waals surface area contributed by atoms with Crippen molar-refractivity contribution in [2.24, 2.45) is 5.92 Å². The first-order valence-corrected chi connectivity index (χ1v) is 23.6. The van der Waals surface area contributed by atoms with Crippen molar-refractivity contribution in [3.8, 4) is 56.7 Å². The van der Waals surface area contributed by atoms with E-state index in [4.69, 9.17) is 15.0 Å². The Morgan fingerprint density at radius 1 is 0.456 bits per heavy atom. The van der Waals surface area contributed by atoms with Gasteiger partial charge in [0.25, 0.3) is 0 Å². The van der Waals surface area contributed by atoms with Crippen LogP contribution in [0.5, 0.6) is 0 Å². The summed E-state index contributed by atoms with van der Waals surface area (Å²) < 4.78 is 5.06. The van der Waals surface area contributed by atoms with E-state index in [0.717, 1.165) is 40.0 Å². The number of hydrogen-bond donors (Lipinski definition) is 0. The third kappa shape index (κ3) is 5.13. The third-order valence-electron chi connectivity index (χ3n) is 15.5. The van der Waals surface area contributed by atoms with E-state index in [0.29, 0.717) is 17.5 Å². The van der Waals surface area contributed by atoms with Crippen molar-refractivity contribution in [3.63, 3.8) is 0 Å². The predicted octanol–water partition coefficient (Wildman–Crippen LogP) is 15.1. The zero-order valence-corrected chi connectivity index (χ0v) is 37.2. The average Bonchev–Trinajstić information content (AvgIpc) is 4.01. The van der Waals surface area contributed by atoms with E-state index in [9.17, 15) is 0 Å². The smallest absolute Gasteiger partial charge is 0.164 e. The molecule has 0 amide bonds. The van der Waals surface area contributed by atoms with Crippen LogP contribution in [0.4, 0.5) is 0 Å². The molecular formula is C63H41N5. The van der Waals surface area contributed by atoms with E-state index in [1.807, 2.05) is 36.4 Å². The Hall–Kier alpha value is -8.67. The van der Waals surface area contributed by atoms with Crippen molar-refractivity contribution in [1.29, 1.82) is 0 Å². The van der Waals surface area contributed by atoms with E-state index >= 15 is 0 Å². The van der Waals surface area contributed by atoms with Gasteiger partial charge in [0.2, 0.25) is 0 Å². The Balaban J connectivity index is 1.11. The summed E-state index contributed by atoms with van der Waals surface area (Å²) in [7, 11) is 0. The number of nitrogens with zero attached hydrogens (tertiary/aromatic N) is 5. The standard InChI is InChI=1S/C63H41N5/c1-63-41-30-32-43-48(36-58-59(51(43)34-41)47-25-13-16-28-55(47)67(58)42-21-9-4-10-22-42)46-31-29-40(62-65-60(38-17-5-2-6-18-38)64-61(66-62)39-19-7-3-8-20-39)33-56(46)68-54-27-15-12-24-45(54)50-35-49(53(63)37-57(50)68)44-23-11-14-26-52(44)63/h2-36,53H,37H2,1H3. The Labute approximate surface area is 393 Å². The predicted molar refractivity (Wildman–Crippen MR) is 278 cm³/mol. The molecule has 2 aliphatic heterocycles. The summed E-state index contributed by atoms with van der Waals surface area (Å²) in [4.78, 5) is 15.6. The molecule has 318 valence electrons. The van der Waals surface area contributed by atoms with E-state index in [-0.39, 0.29) is 11.3 Å². The topological polar surface area (TPSA) is 48.5 Å². The van der Waals surface area contributed by atoms with Crippen LogP contribution < -0.4 is 0 Å². The van der Waals surface area contributed by atoms with Crippen LogP contribution in [0.15, 0.2) is 206 Å². The molecule has 4 aliphatic rings. The van der Waals surface area contributed by atoms with Gasteiger partial charge in [-0.1, -0.05) is 171 Å². The van der Waals surface area contributed by atoms with Crippen LogP contribution in [-0.4, -0.2) is 24.1 Å². The second-order valence-electron chi connectivity index (χ2n) is 18.9. The van der Waals surface area contributed by atoms with Crippen molar-refractivity contribution in [2.45, 2.75) is 18.8 Å². The second kappa shape index (κ2) is 13.9. The summed E-state index contributed by atoms with van der Waals surface area (Å²) in [6.07, 6.45) is 3.41. The third-order valence-corrected chi connectivity index (χ3v) is 15.5. The molecule has 0 radical (unpaired) electrons. The molecule has 0 saturated carbocycles. The maximum Gasteiger partial charge on any atom is 0.164 e. The van der Waals surface area contributed by atoms with Crippen LogP contribution >= 0.6 is 0 Å². The van der Waals surface area contributed by atoms with Crippen LogP contribution in [0, 0.1) is 5.92 Å². The molecule has 5 heterocycles. The number of aromatic nitrogens is 5. The van der Waals surface area contributed by atoms with Gasteiger partial charge < -0.3 is 9.13 Å². The van der Waals surface area contributed by atoms with Gasteiger partial charge in [-0.05, 0) is 93.6 Å². The number of rotatable bonds is 4. The first-order valence-electron chi connectivity index (χ1n) is 23.6. The van der Waals surface area contributed by atoms with Crippen molar-refractivity contribution >= 4 is 55.1 Å². The minimum Gasteiger partial charge on any atom is -0.312 e. The van der Waals surface area contributed by atoms with E-state index in [2.05, 4.69) is 192 Å². The Bertz CT molecular complexity index is 4070. The molecule has 5 nitrogen and oxygen atoms in total. The second-order valence-corrected chi connectivity index (χ2v) is 18.9. The van der Waals surface area contributed by atoms with Gasteiger partial charge in [-0.2, -0.15) is 0 Å². The lowest BCUT2D eigenvalue weighted by molar-refractivity contribution is 0.439. The van der Waals surface area contributed by atoms with Gasteiger partial charge in [-0.15, -0.1) is 0 Å². The monoisotopic (exact) mass is 867 g/mol. The van der Waals surface area contributed by atoms with Gasteiger partial charge in [-0.25, -0.2) is 15.0 Å². The number of para-hydroxylation sites is 3. The number of benzene rings is 9. The molecule has 0 saturated heterocycles. The van der Waals surface area contributed by atoms with Crippen molar-refractivity contribution in [1.82, 2.24) is 24.1 Å². The summed E-state index contributed by atoms with van der Waals surface area (Å²) in [6.45, 7) is 2.51. The minimum absolute atomic E-state index is 0.202.